The zero-order valence-corrected chi connectivity index (χ0v) is 14.8. The van der Waals surface area contributed by atoms with Crippen molar-refractivity contribution in [3.8, 4) is 5.75 Å². The molecule has 1 fully saturated rings. The van der Waals surface area contributed by atoms with E-state index in [0.717, 1.165) is 23.6 Å². The molecule has 2 amide bonds. The third-order valence-electron chi connectivity index (χ3n) is 4.65. The number of aryl methyl sites for hydroxylation is 1. The molecule has 0 radical (unpaired) electrons. The predicted octanol–water partition coefficient (Wildman–Crippen LogP) is 1.72. The Hall–Kier alpha value is -3.03. The van der Waals surface area contributed by atoms with Crippen molar-refractivity contribution in [1.29, 1.82) is 0 Å². The first-order valence-corrected chi connectivity index (χ1v) is 8.14. The summed E-state index contributed by atoms with van der Waals surface area (Å²) in [5.41, 5.74) is 1.79. The average Bonchev–Trinajstić information content (AvgIpc) is 2.97. The molecule has 2 heterocycles. The first-order valence-electron chi connectivity index (χ1n) is 8.14. The van der Waals surface area contributed by atoms with Crippen LogP contribution in [-0.4, -0.2) is 43.4 Å². The molecule has 0 bridgehead atoms. The Kier molecular flexibility index (Phi) is 4.83. The maximum Gasteiger partial charge on any atom is 0.413 e. The second-order valence-electron chi connectivity index (χ2n) is 6.10. The van der Waals surface area contributed by atoms with Crippen LogP contribution in [0, 0.1) is 5.92 Å². The summed E-state index contributed by atoms with van der Waals surface area (Å²) < 4.78 is 16.7. The molecule has 138 valence electrons. The van der Waals surface area contributed by atoms with Gasteiger partial charge in [-0.25, -0.2) is 4.79 Å². The van der Waals surface area contributed by atoms with Crippen LogP contribution in [0.5, 0.6) is 5.75 Å². The molecule has 0 unspecified atom stereocenters. The summed E-state index contributed by atoms with van der Waals surface area (Å²) in [6, 6.07) is 5.64. The van der Waals surface area contributed by atoms with Gasteiger partial charge in [0.25, 0.3) is 0 Å². The van der Waals surface area contributed by atoms with Crippen LogP contribution in [0.4, 0.5) is 4.79 Å². The SMILES string of the molecule is COC(=O)NC(=O)[C@H]1C(=O)OCC[C@@H]1c1cn(C)c2ccc(OC)cc12. The smallest absolute Gasteiger partial charge is 0.413 e. The van der Waals surface area contributed by atoms with Crippen molar-refractivity contribution in [2.75, 3.05) is 20.8 Å². The van der Waals surface area contributed by atoms with E-state index in [-0.39, 0.29) is 6.61 Å². The van der Waals surface area contributed by atoms with Gasteiger partial charge in [0.1, 0.15) is 11.7 Å². The number of ether oxygens (including phenoxy) is 3. The number of cyclic esters (lactones) is 1. The number of imide groups is 1. The van der Waals surface area contributed by atoms with E-state index in [9.17, 15) is 14.4 Å². The number of methoxy groups -OCH3 is 2. The van der Waals surface area contributed by atoms with E-state index in [1.54, 1.807) is 7.11 Å². The van der Waals surface area contributed by atoms with Crippen molar-refractivity contribution in [2.24, 2.45) is 13.0 Å². The summed E-state index contributed by atoms with van der Waals surface area (Å²) in [6.07, 6.45) is 1.46. The summed E-state index contributed by atoms with van der Waals surface area (Å²) in [5.74, 6) is -2.25. The Morgan fingerprint density at radius 1 is 1.31 bits per heavy atom. The lowest BCUT2D eigenvalue weighted by Crippen LogP contribution is -2.45. The number of hydrogen-bond acceptors (Lipinski definition) is 6. The first-order chi connectivity index (χ1) is 12.5. The van der Waals surface area contributed by atoms with Crippen LogP contribution < -0.4 is 10.1 Å². The van der Waals surface area contributed by atoms with E-state index in [2.05, 4.69) is 10.1 Å². The number of nitrogens with zero attached hydrogens (tertiary/aromatic N) is 1. The number of alkyl carbamates (subject to hydrolysis) is 1. The Bertz CT molecular complexity index is 872. The highest BCUT2D eigenvalue weighted by Gasteiger charge is 2.42. The van der Waals surface area contributed by atoms with Crippen molar-refractivity contribution < 1.29 is 28.6 Å². The molecule has 0 spiro atoms. The molecule has 0 aliphatic carbocycles. The molecule has 1 aromatic carbocycles. The second kappa shape index (κ2) is 7.07. The zero-order chi connectivity index (χ0) is 18.8. The number of aromatic nitrogens is 1. The normalized spacial score (nSPS) is 19.7. The van der Waals surface area contributed by atoms with E-state index in [1.807, 2.05) is 36.0 Å². The third kappa shape index (κ3) is 3.10. The Morgan fingerprint density at radius 2 is 2.08 bits per heavy atom. The van der Waals surface area contributed by atoms with Gasteiger partial charge in [0.05, 0.1) is 20.8 Å². The van der Waals surface area contributed by atoms with Crippen LogP contribution in [0.2, 0.25) is 0 Å². The highest BCUT2D eigenvalue weighted by atomic mass is 16.5. The zero-order valence-electron chi connectivity index (χ0n) is 14.8. The second-order valence-corrected chi connectivity index (χ2v) is 6.10. The summed E-state index contributed by atoms with van der Waals surface area (Å²) in [5, 5.41) is 2.97. The average molecular weight is 360 g/mol. The number of carbonyl (C=O) groups is 3. The maximum absolute atomic E-state index is 12.5. The molecule has 2 aromatic rings. The van der Waals surface area contributed by atoms with Crippen molar-refractivity contribution in [3.63, 3.8) is 0 Å². The maximum atomic E-state index is 12.5. The molecule has 1 aromatic heterocycles. The van der Waals surface area contributed by atoms with Crippen LogP contribution in [0.1, 0.15) is 17.9 Å². The van der Waals surface area contributed by atoms with Crippen LogP contribution in [0.15, 0.2) is 24.4 Å². The fraction of sp³-hybridized carbons (Fsp3) is 0.389. The number of hydrogen-bond donors (Lipinski definition) is 1. The van der Waals surface area contributed by atoms with Gasteiger partial charge in [-0.1, -0.05) is 0 Å². The van der Waals surface area contributed by atoms with Gasteiger partial charge in [-0.15, -0.1) is 0 Å². The van der Waals surface area contributed by atoms with Crippen molar-refractivity contribution >= 4 is 28.9 Å². The quantitative estimate of drug-likeness (QED) is 0.661. The molecule has 2 atom stereocenters. The summed E-state index contributed by atoms with van der Waals surface area (Å²) in [4.78, 5) is 36.2. The number of esters is 1. The lowest BCUT2D eigenvalue weighted by Gasteiger charge is -2.28. The Labute approximate surface area is 150 Å². The molecule has 8 nitrogen and oxygen atoms in total. The minimum atomic E-state index is -1.13. The molecule has 8 heteroatoms. The van der Waals surface area contributed by atoms with E-state index in [0.29, 0.717) is 12.2 Å². The fourth-order valence-corrected chi connectivity index (χ4v) is 3.39. The number of benzene rings is 1. The van der Waals surface area contributed by atoms with Gasteiger partial charge < -0.3 is 18.8 Å². The van der Waals surface area contributed by atoms with E-state index in [4.69, 9.17) is 9.47 Å². The number of nitrogens with one attached hydrogen (secondary N) is 1. The van der Waals surface area contributed by atoms with Crippen molar-refractivity contribution in [3.05, 3.63) is 30.0 Å². The van der Waals surface area contributed by atoms with E-state index < -0.39 is 29.8 Å². The van der Waals surface area contributed by atoms with Crippen LogP contribution >= 0.6 is 0 Å². The molecule has 26 heavy (non-hydrogen) atoms. The minimum absolute atomic E-state index is 0.214. The molecule has 1 aliphatic rings. The lowest BCUT2D eigenvalue weighted by atomic mass is 9.81. The Morgan fingerprint density at radius 3 is 2.77 bits per heavy atom. The highest BCUT2D eigenvalue weighted by molar-refractivity contribution is 6.05. The van der Waals surface area contributed by atoms with Gasteiger partial charge >= 0.3 is 12.1 Å². The number of fused-ring (bicyclic) bond motifs is 1. The number of rotatable bonds is 3. The summed E-state index contributed by atoms with van der Waals surface area (Å²) in [6.45, 7) is 0.214. The molecule has 3 rings (SSSR count). The molecule has 1 saturated heterocycles. The standard InChI is InChI=1S/C18H20N2O6/c1-20-9-13(12-8-10(24-2)4-5-14(12)20)11-6-7-26-17(22)15(11)16(21)19-18(23)25-3/h4-5,8-9,11,15H,6-7H2,1-3H3,(H,19,21,23)/t11-,15+/m1/s1. The van der Waals surface area contributed by atoms with Gasteiger partial charge in [-0.3, -0.25) is 14.9 Å². The van der Waals surface area contributed by atoms with E-state index in [1.165, 1.54) is 0 Å². The van der Waals surface area contributed by atoms with Crippen LogP contribution in [0.3, 0.4) is 0 Å². The van der Waals surface area contributed by atoms with E-state index >= 15 is 0 Å². The molecule has 0 saturated carbocycles. The van der Waals surface area contributed by atoms with Gasteiger partial charge in [-0.05, 0) is 30.2 Å². The largest absolute Gasteiger partial charge is 0.497 e. The summed E-state index contributed by atoms with van der Waals surface area (Å²) in [7, 11) is 4.62. The molecular weight excluding hydrogens is 340 g/mol. The number of carbonyl (C=O) groups excluding carboxylic acids is 3. The monoisotopic (exact) mass is 360 g/mol. The Balaban J connectivity index is 2.05. The van der Waals surface area contributed by atoms with Crippen LogP contribution in [-0.2, 0) is 26.1 Å². The summed E-state index contributed by atoms with van der Waals surface area (Å²) >= 11 is 0. The molecule has 1 N–H and O–H groups in total. The topological polar surface area (TPSA) is 95.9 Å². The predicted molar refractivity (Wildman–Crippen MR) is 91.8 cm³/mol. The highest BCUT2D eigenvalue weighted by Crippen LogP contribution is 2.38. The van der Waals surface area contributed by atoms with Gasteiger partial charge in [0, 0.05) is 30.1 Å². The minimum Gasteiger partial charge on any atom is -0.497 e. The van der Waals surface area contributed by atoms with Crippen LogP contribution in [0.25, 0.3) is 10.9 Å². The van der Waals surface area contributed by atoms with Gasteiger partial charge in [0.2, 0.25) is 5.91 Å². The molecule has 1 aliphatic heterocycles. The fourth-order valence-electron chi connectivity index (χ4n) is 3.39. The first kappa shape index (κ1) is 17.8. The van der Waals surface area contributed by atoms with Crippen molar-refractivity contribution in [2.45, 2.75) is 12.3 Å². The van der Waals surface area contributed by atoms with Gasteiger partial charge in [-0.2, -0.15) is 0 Å². The van der Waals surface area contributed by atoms with Gasteiger partial charge in [0.15, 0.2) is 0 Å². The lowest BCUT2D eigenvalue weighted by molar-refractivity contribution is -0.158. The third-order valence-corrected chi connectivity index (χ3v) is 4.65. The molecular formula is C18H20N2O6. The van der Waals surface area contributed by atoms with Crippen molar-refractivity contribution in [1.82, 2.24) is 9.88 Å². The number of amides is 2.